The van der Waals surface area contributed by atoms with Crippen LogP contribution in [0.3, 0.4) is 0 Å². The summed E-state index contributed by atoms with van der Waals surface area (Å²) in [5.41, 5.74) is 1.19. The predicted molar refractivity (Wildman–Crippen MR) is 134 cm³/mol. The number of ether oxygens (including phenoxy) is 1. The largest absolute Gasteiger partial charge is 0.497 e. The molecule has 0 saturated carbocycles. The molecule has 2 aromatic rings. The molecule has 0 saturated heterocycles. The van der Waals surface area contributed by atoms with Gasteiger partial charge in [-0.15, -0.1) is 0 Å². The average Bonchev–Trinajstić information content (AvgIpc) is 2.82. The Morgan fingerprint density at radius 1 is 1.00 bits per heavy atom. The summed E-state index contributed by atoms with van der Waals surface area (Å²) < 4.78 is 31.4. The van der Waals surface area contributed by atoms with E-state index in [1.165, 1.54) is 12.0 Å². The van der Waals surface area contributed by atoms with Gasteiger partial charge in [-0.3, -0.25) is 13.9 Å². The van der Waals surface area contributed by atoms with Crippen LogP contribution in [0.15, 0.2) is 54.6 Å². The second-order valence-corrected chi connectivity index (χ2v) is 10.1. The minimum absolute atomic E-state index is 0.0398. The number of methoxy groups -OCH3 is 1. The number of rotatable bonds is 12. The molecule has 8 nitrogen and oxygen atoms in total. The third kappa shape index (κ3) is 7.48. The Morgan fingerprint density at radius 2 is 1.62 bits per heavy atom. The van der Waals surface area contributed by atoms with Gasteiger partial charge in [0, 0.05) is 12.6 Å². The summed E-state index contributed by atoms with van der Waals surface area (Å²) in [6.45, 7) is 5.47. The van der Waals surface area contributed by atoms with Crippen molar-refractivity contribution in [2.45, 2.75) is 52.2 Å². The van der Waals surface area contributed by atoms with E-state index in [4.69, 9.17) is 4.74 Å². The Morgan fingerprint density at radius 3 is 2.12 bits per heavy atom. The van der Waals surface area contributed by atoms with Crippen LogP contribution in [0.4, 0.5) is 5.69 Å². The Balaban J connectivity index is 2.40. The first-order valence-electron chi connectivity index (χ1n) is 11.4. The van der Waals surface area contributed by atoms with Gasteiger partial charge in [0.1, 0.15) is 18.3 Å². The van der Waals surface area contributed by atoms with Crippen LogP contribution in [0.25, 0.3) is 0 Å². The first kappa shape index (κ1) is 27.2. The number of anilines is 1. The van der Waals surface area contributed by atoms with E-state index in [1.54, 1.807) is 24.3 Å². The van der Waals surface area contributed by atoms with E-state index in [0.29, 0.717) is 17.9 Å². The molecule has 0 unspecified atom stereocenters. The lowest BCUT2D eigenvalue weighted by Crippen LogP contribution is -2.53. The zero-order chi connectivity index (χ0) is 25.3. The summed E-state index contributed by atoms with van der Waals surface area (Å²) in [6.07, 6.45) is 2.20. The molecular formula is C25H35N3O5S. The molecule has 2 rings (SSSR count). The van der Waals surface area contributed by atoms with Gasteiger partial charge in [-0.25, -0.2) is 8.42 Å². The number of hydrogen-bond donors (Lipinski definition) is 1. The summed E-state index contributed by atoms with van der Waals surface area (Å²) in [7, 11) is -2.25. The SMILES string of the molecule is CC[C@@H](C)NC(=O)[C@@H](CC)N(Cc1ccccc1)C(=O)CN(c1ccc(OC)cc1)S(C)(=O)=O. The maximum Gasteiger partial charge on any atom is 0.244 e. The predicted octanol–water partition coefficient (Wildman–Crippen LogP) is 3.18. The molecule has 0 radical (unpaired) electrons. The van der Waals surface area contributed by atoms with Gasteiger partial charge in [-0.05, 0) is 49.6 Å². The van der Waals surface area contributed by atoms with Crippen molar-refractivity contribution in [3.8, 4) is 5.75 Å². The van der Waals surface area contributed by atoms with Gasteiger partial charge in [0.2, 0.25) is 21.8 Å². The zero-order valence-electron chi connectivity index (χ0n) is 20.5. The summed E-state index contributed by atoms with van der Waals surface area (Å²) in [6, 6.07) is 15.0. The number of carbonyl (C=O) groups excluding carboxylic acids is 2. The minimum Gasteiger partial charge on any atom is -0.497 e. The van der Waals surface area contributed by atoms with Crippen LogP contribution in [0.2, 0.25) is 0 Å². The molecule has 0 fully saturated rings. The van der Waals surface area contributed by atoms with Crippen molar-refractivity contribution >= 4 is 27.5 Å². The number of sulfonamides is 1. The lowest BCUT2D eigenvalue weighted by atomic mass is 10.1. The van der Waals surface area contributed by atoms with Crippen LogP contribution < -0.4 is 14.4 Å². The Labute approximate surface area is 202 Å². The quantitative estimate of drug-likeness (QED) is 0.494. The summed E-state index contributed by atoms with van der Waals surface area (Å²) >= 11 is 0. The average molecular weight is 490 g/mol. The van der Waals surface area contributed by atoms with E-state index in [0.717, 1.165) is 22.5 Å². The van der Waals surface area contributed by atoms with Gasteiger partial charge < -0.3 is 15.0 Å². The monoisotopic (exact) mass is 489 g/mol. The van der Waals surface area contributed by atoms with E-state index in [1.807, 2.05) is 51.1 Å². The number of carbonyl (C=O) groups is 2. The molecule has 0 bridgehead atoms. The molecule has 2 amide bonds. The third-order valence-electron chi connectivity index (χ3n) is 5.62. The topological polar surface area (TPSA) is 96.0 Å². The number of nitrogens with one attached hydrogen (secondary N) is 1. The molecule has 2 atom stereocenters. The fourth-order valence-electron chi connectivity index (χ4n) is 3.50. The van der Waals surface area contributed by atoms with Gasteiger partial charge >= 0.3 is 0 Å². The van der Waals surface area contributed by atoms with Gasteiger partial charge in [0.05, 0.1) is 19.1 Å². The number of amides is 2. The molecule has 0 aliphatic carbocycles. The first-order valence-corrected chi connectivity index (χ1v) is 13.2. The number of hydrogen-bond acceptors (Lipinski definition) is 5. The van der Waals surface area contributed by atoms with Crippen molar-refractivity contribution in [1.82, 2.24) is 10.2 Å². The van der Waals surface area contributed by atoms with Crippen LogP contribution in [0.1, 0.15) is 39.2 Å². The smallest absolute Gasteiger partial charge is 0.244 e. The van der Waals surface area contributed by atoms with Gasteiger partial charge in [-0.1, -0.05) is 44.2 Å². The van der Waals surface area contributed by atoms with Crippen molar-refractivity contribution in [2.75, 3.05) is 24.2 Å². The molecule has 186 valence electrons. The molecule has 2 aromatic carbocycles. The van der Waals surface area contributed by atoms with Crippen molar-refractivity contribution in [3.63, 3.8) is 0 Å². The summed E-state index contributed by atoms with van der Waals surface area (Å²) in [5, 5.41) is 2.95. The second-order valence-electron chi connectivity index (χ2n) is 8.22. The summed E-state index contributed by atoms with van der Waals surface area (Å²) in [5.74, 6) is -0.144. The highest BCUT2D eigenvalue weighted by Crippen LogP contribution is 2.22. The van der Waals surface area contributed by atoms with E-state index >= 15 is 0 Å². The lowest BCUT2D eigenvalue weighted by molar-refractivity contribution is -0.140. The third-order valence-corrected chi connectivity index (χ3v) is 6.76. The van der Waals surface area contributed by atoms with Crippen LogP contribution in [0, 0.1) is 0 Å². The van der Waals surface area contributed by atoms with E-state index in [2.05, 4.69) is 5.32 Å². The Kier molecular flexibility index (Phi) is 9.92. The molecule has 1 N–H and O–H groups in total. The first-order chi connectivity index (χ1) is 16.1. The highest BCUT2D eigenvalue weighted by molar-refractivity contribution is 7.92. The van der Waals surface area contributed by atoms with E-state index < -0.39 is 28.5 Å². The molecule has 0 aromatic heterocycles. The normalized spacial score (nSPS) is 13.0. The molecule has 34 heavy (non-hydrogen) atoms. The fraction of sp³-hybridized carbons (Fsp3) is 0.440. The molecule has 0 aliphatic rings. The Hall–Kier alpha value is -3.07. The van der Waals surface area contributed by atoms with Crippen LogP contribution >= 0.6 is 0 Å². The van der Waals surface area contributed by atoms with Crippen molar-refractivity contribution < 1.29 is 22.7 Å². The van der Waals surface area contributed by atoms with Crippen molar-refractivity contribution in [1.29, 1.82) is 0 Å². The number of benzene rings is 2. The molecule has 9 heteroatoms. The van der Waals surface area contributed by atoms with E-state index in [9.17, 15) is 18.0 Å². The van der Waals surface area contributed by atoms with Crippen molar-refractivity contribution in [3.05, 3.63) is 60.2 Å². The summed E-state index contributed by atoms with van der Waals surface area (Å²) in [4.78, 5) is 28.1. The maximum absolute atomic E-state index is 13.6. The van der Waals surface area contributed by atoms with Crippen LogP contribution in [-0.2, 0) is 26.2 Å². The standard InChI is InChI=1S/C25H35N3O5S/c1-6-19(3)26-25(30)23(7-2)27(17-20-11-9-8-10-12-20)24(29)18-28(34(5,31)32)21-13-15-22(33-4)16-14-21/h8-16,19,23H,6-7,17-18H2,1-5H3,(H,26,30)/t19-,23-/m1/s1. The van der Waals surface area contributed by atoms with Crippen molar-refractivity contribution in [2.24, 2.45) is 0 Å². The van der Waals surface area contributed by atoms with Crippen LogP contribution in [0.5, 0.6) is 5.75 Å². The van der Waals surface area contributed by atoms with Crippen LogP contribution in [-0.4, -0.2) is 57.1 Å². The minimum atomic E-state index is -3.77. The number of nitrogens with zero attached hydrogens (tertiary/aromatic N) is 2. The highest BCUT2D eigenvalue weighted by atomic mass is 32.2. The lowest BCUT2D eigenvalue weighted by Gasteiger charge is -2.33. The fourth-order valence-corrected chi connectivity index (χ4v) is 4.35. The molecular weight excluding hydrogens is 454 g/mol. The molecule has 0 heterocycles. The Bertz CT molecular complexity index is 1040. The molecule has 0 spiro atoms. The van der Waals surface area contributed by atoms with Gasteiger partial charge in [-0.2, -0.15) is 0 Å². The second kappa shape index (κ2) is 12.4. The zero-order valence-corrected chi connectivity index (χ0v) is 21.3. The van der Waals surface area contributed by atoms with E-state index in [-0.39, 0.29) is 18.5 Å². The highest BCUT2D eigenvalue weighted by Gasteiger charge is 2.32. The van der Waals surface area contributed by atoms with Gasteiger partial charge in [0.15, 0.2) is 0 Å². The molecule has 0 aliphatic heterocycles. The van der Waals surface area contributed by atoms with Gasteiger partial charge in [0.25, 0.3) is 0 Å². The maximum atomic E-state index is 13.6.